The lowest BCUT2D eigenvalue weighted by molar-refractivity contribution is -0.0592. The largest absolute Gasteiger partial charge is 0.368 e. The van der Waals surface area contributed by atoms with Gasteiger partial charge in [-0.2, -0.15) is 0 Å². The Bertz CT molecular complexity index is 978. The highest BCUT2D eigenvalue weighted by molar-refractivity contribution is 5.97. The van der Waals surface area contributed by atoms with Gasteiger partial charge >= 0.3 is 5.69 Å². The third-order valence-electron chi connectivity index (χ3n) is 4.46. The van der Waals surface area contributed by atoms with Gasteiger partial charge in [-0.05, 0) is 23.8 Å². The molecule has 0 saturated carbocycles. The molecule has 0 aliphatic heterocycles. The van der Waals surface area contributed by atoms with Crippen LogP contribution in [0, 0.1) is 0 Å². The van der Waals surface area contributed by atoms with Crippen LogP contribution in [0.2, 0.25) is 0 Å². The number of hydrogen-bond acceptors (Lipinski definition) is 5. The number of aliphatic hydroxyl groups excluding tert-OH is 1. The number of rotatable bonds is 7. The SMILES string of the molecule is NCCn1c(=O)[nH]c2ccc(C(=O)NCC(c3ccccc3)C(O)O)cc21. The molecule has 27 heavy (non-hydrogen) atoms. The van der Waals surface area contributed by atoms with E-state index in [1.54, 1.807) is 42.5 Å². The normalized spacial score (nSPS) is 12.4. The second-order valence-electron chi connectivity index (χ2n) is 6.24. The van der Waals surface area contributed by atoms with Crippen LogP contribution in [0.25, 0.3) is 11.0 Å². The van der Waals surface area contributed by atoms with Crippen molar-refractivity contribution in [2.24, 2.45) is 5.73 Å². The maximum absolute atomic E-state index is 12.5. The molecule has 0 aliphatic carbocycles. The number of fused-ring (bicyclic) bond motifs is 1. The standard InChI is InChI=1S/C19H22N4O4/c20-8-9-23-16-10-13(6-7-15(16)22-19(23)27)17(24)21-11-14(18(25)26)12-4-2-1-3-5-12/h1-7,10,14,18,25-26H,8-9,11,20H2,(H,21,24)(H,22,27). The summed E-state index contributed by atoms with van der Waals surface area (Å²) in [6.45, 7) is 0.703. The third-order valence-corrected chi connectivity index (χ3v) is 4.46. The first-order valence-corrected chi connectivity index (χ1v) is 8.63. The van der Waals surface area contributed by atoms with Crippen molar-refractivity contribution in [3.8, 4) is 0 Å². The summed E-state index contributed by atoms with van der Waals surface area (Å²) in [4.78, 5) is 27.2. The molecule has 0 radical (unpaired) electrons. The number of H-pyrrole nitrogens is 1. The Morgan fingerprint density at radius 2 is 1.93 bits per heavy atom. The molecule has 0 fully saturated rings. The van der Waals surface area contributed by atoms with Crippen molar-refractivity contribution in [1.29, 1.82) is 0 Å². The third kappa shape index (κ3) is 4.08. The first-order valence-electron chi connectivity index (χ1n) is 8.63. The summed E-state index contributed by atoms with van der Waals surface area (Å²) in [6.07, 6.45) is -1.60. The second-order valence-corrected chi connectivity index (χ2v) is 6.24. The highest BCUT2D eigenvalue weighted by Gasteiger charge is 2.20. The Morgan fingerprint density at radius 3 is 2.59 bits per heavy atom. The first kappa shape index (κ1) is 18.8. The molecule has 0 aliphatic rings. The summed E-state index contributed by atoms with van der Waals surface area (Å²) in [6, 6.07) is 13.8. The number of hydrogen-bond donors (Lipinski definition) is 5. The number of nitrogens with one attached hydrogen (secondary N) is 2. The zero-order valence-corrected chi connectivity index (χ0v) is 14.6. The Balaban J connectivity index is 1.79. The van der Waals surface area contributed by atoms with Crippen LogP contribution < -0.4 is 16.7 Å². The topological polar surface area (TPSA) is 133 Å². The van der Waals surface area contributed by atoms with Crippen LogP contribution in [0.15, 0.2) is 53.3 Å². The highest BCUT2D eigenvalue weighted by Crippen LogP contribution is 2.18. The molecule has 0 saturated heterocycles. The number of amides is 1. The predicted octanol–water partition coefficient (Wildman–Crippen LogP) is 0.113. The molecule has 6 N–H and O–H groups in total. The van der Waals surface area contributed by atoms with Gasteiger partial charge in [-0.1, -0.05) is 30.3 Å². The van der Waals surface area contributed by atoms with Crippen molar-refractivity contribution in [1.82, 2.24) is 14.9 Å². The molecule has 1 heterocycles. The van der Waals surface area contributed by atoms with Crippen LogP contribution in [-0.4, -0.2) is 45.1 Å². The molecule has 2 aromatic carbocycles. The molecule has 8 heteroatoms. The molecular weight excluding hydrogens is 348 g/mol. The number of aromatic nitrogens is 2. The second kappa shape index (κ2) is 8.17. The Labute approximate surface area is 155 Å². The summed E-state index contributed by atoms with van der Waals surface area (Å²) in [5, 5.41) is 22.0. The number of carbonyl (C=O) groups is 1. The van der Waals surface area contributed by atoms with E-state index in [1.807, 2.05) is 6.07 Å². The molecule has 3 rings (SSSR count). The van der Waals surface area contributed by atoms with Gasteiger partial charge in [-0.15, -0.1) is 0 Å². The first-order chi connectivity index (χ1) is 13.0. The fraction of sp³-hybridized carbons (Fsp3) is 0.263. The van der Waals surface area contributed by atoms with Gasteiger partial charge in [0.2, 0.25) is 0 Å². The minimum Gasteiger partial charge on any atom is -0.368 e. The number of imidazole rings is 1. The number of benzene rings is 2. The number of aromatic amines is 1. The lowest BCUT2D eigenvalue weighted by Gasteiger charge is -2.20. The van der Waals surface area contributed by atoms with Crippen molar-refractivity contribution >= 4 is 16.9 Å². The quantitative estimate of drug-likeness (QED) is 0.377. The maximum Gasteiger partial charge on any atom is 0.326 e. The molecule has 1 unspecified atom stereocenters. The molecule has 1 aromatic heterocycles. The molecule has 0 spiro atoms. The van der Waals surface area contributed by atoms with Crippen LogP contribution in [0.5, 0.6) is 0 Å². The van der Waals surface area contributed by atoms with E-state index in [0.717, 1.165) is 0 Å². The van der Waals surface area contributed by atoms with E-state index < -0.39 is 12.2 Å². The summed E-state index contributed by atoms with van der Waals surface area (Å²) in [5.74, 6) is -1.02. The van der Waals surface area contributed by atoms with Gasteiger partial charge in [0.25, 0.3) is 5.91 Å². The molecule has 8 nitrogen and oxygen atoms in total. The van der Waals surface area contributed by atoms with Gasteiger partial charge in [-0.25, -0.2) is 4.79 Å². The Morgan fingerprint density at radius 1 is 1.19 bits per heavy atom. The molecule has 1 amide bonds. The van der Waals surface area contributed by atoms with E-state index in [0.29, 0.717) is 35.2 Å². The van der Waals surface area contributed by atoms with Gasteiger partial charge < -0.3 is 26.2 Å². The van der Waals surface area contributed by atoms with Gasteiger partial charge in [0.05, 0.1) is 17.0 Å². The average Bonchev–Trinajstić information content (AvgIpc) is 2.97. The van der Waals surface area contributed by atoms with E-state index in [1.165, 1.54) is 4.57 Å². The fourth-order valence-electron chi connectivity index (χ4n) is 3.05. The fourth-order valence-corrected chi connectivity index (χ4v) is 3.05. The zero-order valence-electron chi connectivity index (χ0n) is 14.6. The summed E-state index contributed by atoms with van der Waals surface area (Å²) < 4.78 is 1.48. The van der Waals surface area contributed by atoms with E-state index in [-0.39, 0.29) is 18.1 Å². The smallest absolute Gasteiger partial charge is 0.326 e. The van der Waals surface area contributed by atoms with Crippen LogP contribution >= 0.6 is 0 Å². The van der Waals surface area contributed by atoms with Gasteiger partial charge in [-0.3, -0.25) is 9.36 Å². The van der Waals surface area contributed by atoms with E-state index in [2.05, 4.69) is 10.3 Å². The van der Waals surface area contributed by atoms with E-state index in [9.17, 15) is 19.8 Å². The maximum atomic E-state index is 12.5. The highest BCUT2D eigenvalue weighted by atomic mass is 16.5. The molecule has 0 bridgehead atoms. The van der Waals surface area contributed by atoms with Crippen LogP contribution in [0.1, 0.15) is 21.8 Å². The van der Waals surface area contributed by atoms with Gasteiger partial charge in [0, 0.05) is 25.2 Å². The summed E-state index contributed by atoms with van der Waals surface area (Å²) >= 11 is 0. The van der Waals surface area contributed by atoms with E-state index >= 15 is 0 Å². The molecular formula is C19H22N4O4. The minimum atomic E-state index is -1.60. The summed E-state index contributed by atoms with van der Waals surface area (Å²) in [7, 11) is 0. The lowest BCUT2D eigenvalue weighted by Crippen LogP contribution is -2.33. The molecule has 1 atom stereocenters. The average molecular weight is 370 g/mol. The predicted molar refractivity (Wildman–Crippen MR) is 101 cm³/mol. The number of carbonyl (C=O) groups excluding carboxylic acids is 1. The van der Waals surface area contributed by atoms with Crippen LogP contribution in [0.4, 0.5) is 0 Å². The number of aliphatic hydroxyl groups is 2. The Hall–Kier alpha value is -2.94. The van der Waals surface area contributed by atoms with Gasteiger partial charge in [0.1, 0.15) is 0 Å². The van der Waals surface area contributed by atoms with E-state index in [4.69, 9.17) is 5.73 Å². The van der Waals surface area contributed by atoms with Crippen LogP contribution in [-0.2, 0) is 6.54 Å². The number of nitrogens with two attached hydrogens (primary N) is 1. The Kier molecular flexibility index (Phi) is 5.70. The van der Waals surface area contributed by atoms with Crippen molar-refractivity contribution in [2.75, 3.05) is 13.1 Å². The molecule has 142 valence electrons. The minimum absolute atomic E-state index is 0.0568. The monoisotopic (exact) mass is 370 g/mol. The van der Waals surface area contributed by atoms with Crippen molar-refractivity contribution in [3.63, 3.8) is 0 Å². The van der Waals surface area contributed by atoms with Crippen molar-refractivity contribution < 1.29 is 15.0 Å². The van der Waals surface area contributed by atoms with Gasteiger partial charge in [0.15, 0.2) is 6.29 Å². The van der Waals surface area contributed by atoms with Crippen molar-refractivity contribution in [3.05, 3.63) is 70.1 Å². The number of nitrogens with zero attached hydrogens (tertiary/aromatic N) is 1. The zero-order chi connectivity index (χ0) is 19.4. The molecule has 3 aromatic rings. The van der Waals surface area contributed by atoms with Crippen LogP contribution in [0.3, 0.4) is 0 Å². The summed E-state index contributed by atoms with van der Waals surface area (Å²) in [5.41, 5.74) is 7.57. The van der Waals surface area contributed by atoms with Crippen molar-refractivity contribution in [2.45, 2.75) is 18.8 Å². The lowest BCUT2D eigenvalue weighted by atomic mass is 9.98.